The number of nitrogens with zero attached hydrogens (tertiary/aromatic N) is 4. The van der Waals surface area contributed by atoms with Gasteiger partial charge in [0.1, 0.15) is 5.69 Å². The second-order valence-electron chi connectivity index (χ2n) is 5.89. The van der Waals surface area contributed by atoms with Crippen molar-refractivity contribution < 1.29 is 0 Å². The van der Waals surface area contributed by atoms with Crippen LogP contribution in [0.1, 0.15) is 12.8 Å². The van der Waals surface area contributed by atoms with Crippen LogP contribution in [0.4, 0.5) is 11.4 Å². The van der Waals surface area contributed by atoms with Crippen LogP contribution in [-0.4, -0.2) is 43.1 Å². The van der Waals surface area contributed by atoms with Crippen LogP contribution >= 0.6 is 15.9 Å². The molecule has 1 aliphatic heterocycles. The topological polar surface area (TPSA) is 48.8 Å². The summed E-state index contributed by atoms with van der Waals surface area (Å²) >= 11 is 3.50. The molecule has 0 amide bonds. The van der Waals surface area contributed by atoms with Gasteiger partial charge in [0.15, 0.2) is 0 Å². The molecule has 22 heavy (non-hydrogen) atoms. The van der Waals surface area contributed by atoms with Crippen LogP contribution in [0.25, 0.3) is 10.9 Å². The summed E-state index contributed by atoms with van der Waals surface area (Å²) in [6, 6.07) is 6.35. The molecule has 3 rings (SSSR count). The number of likely N-dealkylation sites (tertiary alicyclic amines) is 1. The van der Waals surface area contributed by atoms with Crippen molar-refractivity contribution in [3.63, 3.8) is 0 Å². The van der Waals surface area contributed by atoms with Gasteiger partial charge in [-0.3, -0.25) is 4.98 Å². The van der Waals surface area contributed by atoms with Gasteiger partial charge in [0.25, 0.3) is 0 Å². The highest BCUT2D eigenvalue weighted by molar-refractivity contribution is 9.10. The van der Waals surface area contributed by atoms with E-state index in [-0.39, 0.29) is 0 Å². The first-order chi connectivity index (χ1) is 10.6. The number of rotatable bonds is 3. The lowest BCUT2D eigenvalue weighted by atomic mass is 10.0. The van der Waals surface area contributed by atoms with Crippen molar-refractivity contribution in [3.05, 3.63) is 33.8 Å². The fourth-order valence-corrected chi connectivity index (χ4v) is 3.50. The Morgan fingerprint density at radius 1 is 1.36 bits per heavy atom. The van der Waals surface area contributed by atoms with Crippen molar-refractivity contribution >= 4 is 38.2 Å². The number of pyridine rings is 1. The minimum absolute atomic E-state index is 0.409. The zero-order valence-electron chi connectivity index (χ0n) is 12.8. The van der Waals surface area contributed by atoms with Crippen molar-refractivity contribution in [3.8, 4) is 0 Å². The molecule has 1 aromatic heterocycles. The second-order valence-corrected chi connectivity index (χ2v) is 6.81. The Bertz CT molecular complexity index is 698. The summed E-state index contributed by atoms with van der Waals surface area (Å²) in [5.41, 5.74) is 2.17. The Hall–Kier alpha value is -1.53. The van der Waals surface area contributed by atoms with E-state index < -0.39 is 0 Å². The maximum atomic E-state index is 11.3. The standard InChI is InChI=1S/C16H19BrN4O/c1-20-7-5-12(6-8-20)21(2)16-13-9-11(17)3-4-14(13)18-10-15(16)19-22/h3-4,9-10,12H,5-8H2,1-2H3. The average molecular weight is 363 g/mol. The Balaban J connectivity index is 2.07. The van der Waals surface area contributed by atoms with Gasteiger partial charge in [0.2, 0.25) is 0 Å². The van der Waals surface area contributed by atoms with Gasteiger partial charge in [0.05, 0.1) is 17.4 Å². The summed E-state index contributed by atoms with van der Waals surface area (Å²) in [4.78, 5) is 20.1. The number of aromatic nitrogens is 1. The highest BCUT2D eigenvalue weighted by Gasteiger charge is 2.24. The summed E-state index contributed by atoms with van der Waals surface area (Å²) < 4.78 is 0.975. The number of piperidine rings is 1. The fourth-order valence-electron chi connectivity index (χ4n) is 3.14. The van der Waals surface area contributed by atoms with Crippen LogP contribution < -0.4 is 4.90 Å². The first kappa shape index (κ1) is 15.4. The van der Waals surface area contributed by atoms with Crippen molar-refractivity contribution in [2.24, 2.45) is 5.18 Å². The number of fused-ring (bicyclic) bond motifs is 1. The third kappa shape index (κ3) is 2.85. The zero-order chi connectivity index (χ0) is 15.7. The second kappa shape index (κ2) is 6.30. The Morgan fingerprint density at radius 2 is 2.09 bits per heavy atom. The highest BCUT2D eigenvalue weighted by Crippen LogP contribution is 2.38. The molecular formula is C16H19BrN4O. The molecule has 2 aromatic rings. The van der Waals surface area contributed by atoms with E-state index in [1.807, 2.05) is 18.2 Å². The van der Waals surface area contributed by atoms with Crippen LogP contribution in [0.15, 0.2) is 34.0 Å². The van der Waals surface area contributed by atoms with Crippen molar-refractivity contribution in [1.29, 1.82) is 0 Å². The van der Waals surface area contributed by atoms with Crippen molar-refractivity contribution in [2.45, 2.75) is 18.9 Å². The van der Waals surface area contributed by atoms with E-state index in [9.17, 15) is 4.91 Å². The van der Waals surface area contributed by atoms with Crippen LogP contribution in [0.2, 0.25) is 0 Å². The number of halogens is 1. The molecule has 5 nitrogen and oxygen atoms in total. The van der Waals surface area contributed by atoms with Gasteiger partial charge >= 0.3 is 0 Å². The SMILES string of the molecule is CN1CCC(N(C)c2c(N=O)cnc3ccc(Br)cc23)CC1. The molecule has 1 saturated heterocycles. The predicted octanol–water partition coefficient (Wildman–Crippen LogP) is 3.93. The molecule has 0 aliphatic carbocycles. The molecule has 0 N–H and O–H groups in total. The summed E-state index contributed by atoms with van der Waals surface area (Å²) in [7, 11) is 4.20. The van der Waals surface area contributed by atoms with E-state index in [1.165, 1.54) is 0 Å². The minimum atomic E-state index is 0.409. The molecule has 0 spiro atoms. The molecule has 0 radical (unpaired) electrons. The molecule has 6 heteroatoms. The number of nitroso groups, excluding NO2 is 1. The molecule has 2 heterocycles. The van der Waals surface area contributed by atoms with Crippen molar-refractivity contribution in [1.82, 2.24) is 9.88 Å². The Kier molecular flexibility index (Phi) is 4.40. The molecule has 0 unspecified atom stereocenters. The van der Waals surface area contributed by atoms with Crippen LogP contribution in [0.5, 0.6) is 0 Å². The fraction of sp³-hybridized carbons (Fsp3) is 0.438. The Labute approximate surface area is 138 Å². The predicted molar refractivity (Wildman–Crippen MR) is 93.8 cm³/mol. The minimum Gasteiger partial charge on any atom is -0.369 e. The molecule has 1 fully saturated rings. The van der Waals surface area contributed by atoms with Crippen LogP contribution in [0.3, 0.4) is 0 Å². The normalized spacial score (nSPS) is 16.9. The Morgan fingerprint density at radius 3 is 2.77 bits per heavy atom. The number of anilines is 1. The smallest absolute Gasteiger partial charge is 0.150 e. The summed E-state index contributed by atoms with van der Waals surface area (Å²) in [5.74, 6) is 0. The van der Waals surface area contributed by atoms with Crippen LogP contribution in [0, 0.1) is 4.91 Å². The van der Waals surface area contributed by atoms with E-state index in [2.05, 4.69) is 50.0 Å². The molecule has 1 aromatic carbocycles. The van der Waals surface area contributed by atoms with Crippen molar-refractivity contribution in [2.75, 3.05) is 32.1 Å². The average Bonchev–Trinajstić information content (AvgIpc) is 2.53. The summed E-state index contributed by atoms with van der Waals surface area (Å²) in [5, 5.41) is 4.17. The van der Waals surface area contributed by atoms with Crippen LogP contribution in [-0.2, 0) is 0 Å². The van der Waals surface area contributed by atoms with E-state index >= 15 is 0 Å². The van der Waals surface area contributed by atoms with Gasteiger partial charge < -0.3 is 9.80 Å². The van der Waals surface area contributed by atoms with E-state index in [0.717, 1.165) is 47.0 Å². The highest BCUT2D eigenvalue weighted by atomic mass is 79.9. The quantitative estimate of drug-likeness (QED) is 0.776. The molecule has 1 aliphatic rings. The van der Waals surface area contributed by atoms with Gasteiger partial charge in [-0.15, -0.1) is 4.91 Å². The molecule has 0 atom stereocenters. The molecular weight excluding hydrogens is 344 g/mol. The third-order valence-corrected chi connectivity index (χ3v) is 4.96. The van der Waals surface area contributed by atoms with Gasteiger partial charge in [-0.05, 0) is 56.4 Å². The van der Waals surface area contributed by atoms with Gasteiger partial charge in [0, 0.05) is 22.9 Å². The largest absolute Gasteiger partial charge is 0.369 e. The molecule has 116 valence electrons. The molecule has 0 bridgehead atoms. The number of benzene rings is 1. The first-order valence-electron chi connectivity index (χ1n) is 7.43. The molecule has 0 saturated carbocycles. The lowest BCUT2D eigenvalue weighted by molar-refractivity contribution is 0.253. The third-order valence-electron chi connectivity index (χ3n) is 4.47. The maximum Gasteiger partial charge on any atom is 0.150 e. The zero-order valence-corrected chi connectivity index (χ0v) is 14.4. The van der Waals surface area contributed by atoms with Gasteiger partial charge in [-0.1, -0.05) is 15.9 Å². The summed E-state index contributed by atoms with van der Waals surface area (Å²) in [6.45, 7) is 2.15. The van der Waals surface area contributed by atoms with Gasteiger partial charge in [-0.2, -0.15) is 0 Å². The van der Waals surface area contributed by atoms with Gasteiger partial charge in [-0.25, -0.2) is 0 Å². The maximum absolute atomic E-state index is 11.3. The van der Waals surface area contributed by atoms with E-state index in [0.29, 0.717) is 11.7 Å². The number of hydrogen-bond donors (Lipinski definition) is 0. The van der Waals surface area contributed by atoms with E-state index in [4.69, 9.17) is 0 Å². The lowest BCUT2D eigenvalue weighted by Gasteiger charge is -2.37. The monoisotopic (exact) mass is 362 g/mol. The summed E-state index contributed by atoms with van der Waals surface area (Å²) in [6.07, 6.45) is 3.75. The first-order valence-corrected chi connectivity index (χ1v) is 8.22. The number of hydrogen-bond acceptors (Lipinski definition) is 5. The van der Waals surface area contributed by atoms with E-state index in [1.54, 1.807) is 6.20 Å². The lowest BCUT2D eigenvalue weighted by Crippen LogP contribution is -2.42.